The number of nitrogens with two attached hydrogens (primary N) is 1. The van der Waals surface area contributed by atoms with Gasteiger partial charge in [0, 0.05) is 4.47 Å². The van der Waals surface area contributed by atoms with Crippen molar-refractivity contribution in [3.05, 3.63) is 27.7 Å². The van der Waals surface area contributed by atoms with Crippen molar-refractivity contribution in [3.8, 4) is 5.75 Å². The van der Waals surface area contributed by atoms with E-state index in [1.807, 2.05) is 13.0 Å². The van der Waals surface area contributed by atoms with Gasteiger partial charge in [-0.3, -0.25) is 0 Å². The topological polar surface area (TPSA) is 35.2 Å². The SMILES string of the molecule is COc1c(C)cc(Br)cc1CCN. The van der Waals surface area contributed by atoms with E-state index in [1.165, 1.54) is 0 Å². The Morgan fingerprint density at radius 1 is 1.46 bits per heavy atom. The minimum Gasteiger partial charge on any atom is -0.496 e. The van der Waals surface area contributed by atoms with Gasteiger partial charge in [0.1, 0.15) is 5.75 Å². The molecule has 72 valence electrons. The van der Waals surface area contributed by atoms with E-state index in [2.05, 4.69) is 22.0 Å². The molecule has 0 spiro atoms. The Morgan fingerprint density at radius 3 is 2.69 bits per heavy atom. The van der Waals surface area contributed by atoms with Crippen LogP contribution < -0.4 is 10.5 Å². The second-order valence-electron chi connectivity index (χ2n) is 2.95. The lowest BCUT2D eigenvalue weighted by atomic mass is 10.1. The molecule has 1 aromatic rings. The first kappa shape index (κ1) is 10.5. The molecule has 0 atom stereocenters. The lowest BCUT2D eigenvalue weighted by Gasteiger charge is -2.11. The first-order valence-corrected chi connectivity index (χ1v) is 5.01. The summed E-state index contributed by atoms with van der Waals surface area (Å²) in [6.45, 7) is 2.68. The summed E-state index contributed by atoms with van der Waals surface area (Å²) in [5.74, 6) is 0.952. The van der Waals surface area contributed by atoms with Crippen LogP contribution in [0.5, 0.6) is 5.75 Å². The minimum atomic E-state index is 0.645. The van der Waals surface area contributed by atoms with Crippen LogP contribution in [-0.4, -0.2) is 13.7 Å². The van der Waals surface area contributed by atoms with Gasteiger partial charge in [0.15, 0.2) is 0 Å². The van der Waals surface area contributed by atoms with Gasteiger partial charge in [-0.05, 0) is 43.1 Å². The average Bonchev–Trinajstić information content (AvgIpc) is 2.04. The predicted molar refractivity (Wildman–Crippen MR) is 58.2 cm³/mol. The van der Waals surface area contributed by atoms with E-state index in [0.29, 0.717) is 6.54 Å². The van der Waals surface area contributed by atoms with E-state index in [9.17, 15) is 0 Å². The monoisotopic (exact) mass is 243 g/mol. The van der Waals surface area contributed by atoms with Gasteiger partial charge in [-0.25, -0.2) is 0 Å². The zero-order valence-electron chi connectivity index (χ0n) is 7.93. The van der Waals surface area contributed by atoms with Crippen LogP contribution in [0.1, 0.15) is 11.1 Å². The molecule has 0 bridgehead atoms. The van der Waals surface area contributed by atoms with Crippen molar-refractivity contribution >= 4 is 15.9 Å². The maximum atomic E-state index is 5.51. The van der Waals surface area contributed by atoms with Crippen molar-refractivity contribution in [1.29, 1.82) is 0 Å². The second kappa shape index (κ2) is 4.63. The number of hydrogen-bond donors (Lipinski definition) is 1. The molecule has 0 aliphatic rings. The Kier molecular flexibility index (Phi) is 3.75. The molecule has 1 aromatic carbocycles. The fourth-order valence-corrected chi connectivity index (χ4v) is 2.05. The van der Waals surface area contributed by atoms with Crippen LogP contribution in [0.15, 0.2) is 16.6 Å². The summed E-state index contributed by atoms with van der Waals surface area (Å²) in [5.41, 5.74) is 7.82. The normalized spacial score (nSPS) is 10.2. The van der Waals surface area contributed by atoms with Crippen LogP contribution in [-0.2, 0) is 6.42 Å². The van der Waals surface area contributed by atoms with E-state index >= 15 is 0 Å². The standard InChI is InChI=1S/C10H14BrNO/c1-7-5-9(11)6-8(3-4-12)10(7)13-2/h5-6H,3-4,12H2,1-2H3. The van der Waals surface area contributed by atoms with Gasteiger partial charge in [-0.1, -0.05) is 15.9 Å². The number of halogens is 1. The molecule has 0 aliphatic heterocycles. The number of hydrogen-bond acceptors (Lipinski definition) is 2. The summed E-state index contributed by atoms with van der Waals surface area (Å²) < 4.78 is 6.39. The number of rotatable bonds is 3. The third-order valence-corrected chi connectivity index (χ3v) is 2.39. The predicted octanol–water partition coefficient (Wildman–Crippen LogP) is 2.27. The van der Waals surface area contributed by atoms with Crippen molar-refractivity contribution in [2.45, 2.75) is 13.3 Å². The third kappa shape index (κ3) is 2.45. The Hall–Kier alpha value is -0.540. The Morgan fingerprint density at radius 2 is 2.15 bits per heavy atom. The second-order valence-corrected chi connectivity index (χ2v) is 3.87. The van der Waals surface area contributed by atoms with E-state index in [4.69, 9.17) is 10.5 Å². The maximum Gasteiger partial charge on any atom is 0.125 e. The summed E-state index contributed by atoms with van der Waals surface area (Å²) >= 11 is 3.45. The number of benzene rings is 1. The van der Waals surface area contributed by atoms with Gasteiger partial charge in [0.05, 0.1) is 7.11 Å². The molecule has 0 fully saturated rings. The average molecular weight is 244 g/mol. The molecule has 0 amide bonds. The van der Waals surface area contributed by atoms with Crippen LogP contribution in [0, 0.1) is 6.92 Å². The molecule has 0 aliphatic carbocycles. The van der Waals surface area contributed by atoms with E-state index < -0.39 is 0 Å². The molecular weight excluding hydrogens is 230 g/mol. The molecule has 0 aromatic heterocycles. The lowest BCUT2D eigenvalue weighted by molar-refractivity contribution is 0.406. The van der Waals surface area contributed by atoms with Crippen LogP contribution >= 0.6 is 15.9 Å². The molecule has 0 saturated heterocycles. The van der Waals surface area contributed by atoms with Crippen LogP contribution in [0.3, 0.4) is 0 Å². The number of aryl methyl sites for hydroxylation is 1. The molecule has 0 heterocycles. The van der Waals surface area contributed by atoms with Gasteiger partial charge in [-0.15, -0.1) is 0 Å². The van der Waals surface area contributed by atoms with E-state index in [1.54, 1.807) is 7.11 Å². The highest BCUT2D eigenvalue weighted by atomic mass is 79.9. The zero-order valence-corrected chi connectivity index (χ0v) is 9.52. The summed E-state index contributed by atoms with van der Waals surface area (Å²) in [7, 11) is 1.69. The van der Waals surface area contributed by atoms with Gasteiger partial charge >= 0.3 is 0 Å². The maximum absolute atomic E-state index is 5.51. The van der Waals surface area contributed by atoms with Crippen molar-refractivity contribution < 1.29 is 4.74 Å². The van der Waals surface area contributed by atoms with Crippen LogP contribution in [0.25, 0.3) is 0 Å². The molecule has 1 rings (SSSR count). The molecule has 2 N–H and O–H groups in total. The van der Waals surface area contributed by atoms with Crippen LogP contribution in [0.4, 0.5) is 0 Å². The highest BCUT2D eigenvalue weighted by Crippen LogP contribution is 2.27. The first-order chi connectivity index (χ1) is 6.19. The fourth-order valence-electron chi connectivity index (χ4n) is 1.43. The molecule has 3 heteroatoms. The highest BCUT2D eigenvalue weighted by Gasteiger charge is 2.06. The fraction of sp³-hybridized carbons (Fsp3) is 0.400. The van der Waals surface area contributed by atoms with Gasteiger partial charge in [0.25, 0.3) is 0 Å². The van der Waals surface area contributed by atoms with Crippen LogP contribution in [0.2, 0.25) is 0 Å². The smallest absolute Gasteiger partial charge is 0.125 e. The van der Waals surface area contributed by atoms with Crippen molar-refractivity contribution in [1.82, 2.24) is 0 Å². The molecule has 2 nitrogen and oxygen atoms in total. The molecule has 0 radical (unpaired) electrons. The lowest BCUT2D eigenvalue weighted by Crippen LogP contribution is -2.05. The van der Waals surface area contributed by atoms with Gasteiger partial charge < -0.3 is 10.5 Å². The summed E-state index contributed by atoms with van der Waals surface area (Å²) in [5, 5.41) is 0. The number of methoxy groups -OCH3 is 1. The van der Waals surface area contributed by atoms with Crippen molar-refractivity contribution in [2.24, 2.45) is 5.73 Å². The Bertz CT molecular complexity index is 299. The molecule has 0 unspecified atom stereocenters. The highest BCUT2D eigenvalue weighted by molar-refractivity contribution is 9.10. The van der Waals surface area contributed by atoms with Gasteiger partial charge in [-0.2, -0.15) is 0 Å². The van der Waals surface area contributed by atoms with E-state index in [-0.39, 0.29) is 0 Å². The molecular formula is C10H14BrNO. The first-order valence-electron chi connectivity index (χ1n) is 4.22. The van der Waals surface area contributed by atoms with Gasteiger partial charge in [0.2, 0.25) is 0 Å². The number of ether oxygens (including phenoxy) is 1. The van der Waals surface area contributed by atoms with E-state index in [0.717, 1.165) is 27.8 Å². The largest absolute Gasteiger partial charge is 0.496 e. The Labute approximate surface area is 87.2 Å². The minimum absolute atomic E-state index is 0.645. The quantitative estimate of drug-likeness (QED) is 0.885. The Balaban J connectivity index is 3.13. The third-order valence-electron chi connectivity index (χ3n) is 1.93. The van der Waals surface area contributed by atoms with Crippen molar-refractivity contribution in [2.75, 3.05) is 13.7 Å². The summed E-state index contributed by atoms with van der Waals surface area (Å²) in [4.78, 5) is 0. The molecule has 13 heavy (non-hydrogen) atoms. The molecule has 0 saturated carbocycles. The summed E-state index contributed by atoms with van der Waals surface area (Å²) in [6, 6.07) is 4.09. The zero-order chi connectivity index (χ0) is 9.84. The van der Waals surface area contributed by atoms with Crippen molar-refractivity contribution in [3.63, 3.8) is 0 Å². The summed E-state index contributed by atoms with van der Waals surface area (Å²) in [6.07, 6.45) is 0.851.